The number of aromatic amines is 1. The summed E-state index contributed by atoms with van der Waals surface area (Å²) in [6.45, 7) is 0. The van der Waals surface area contributed by atoms with Gasteiger partial charge in [0.1, 0.15) is 0 Å². The van der Waals surface area contributed by atoms with Gasteiger partial charge in [-0.15, -0.1) is 15.9 Å². The monoisotopic (exact) mass is 352 g/mol. The Balaban J connectivity index is 1.83. The normalized spacial score (nSPS) is 11.7. The van der Waals surface area contributed by atoms with Crippen molar-refractivity contribution in [2.45, 2.75) is 0 Å². The largest absolute Gasteiger partial charge is 0.577 e. The van der Waals surface area contributed by atoms with Crippen LogP contribution in [0.3, 0.4) is 0 Å². The maximum absolute atomic E-state index is 11.5. The van der Waals surface area contributed by atoms with Gasteiger partial charge in [-0.05, 0) is 5.56 Å². The van der Waals surface area contributed by atoms with Crippen LogP contribution >= 0.6 is 0 Å². The van der Waals surface area contributed by atoms with Crippen molar-refractivity contribution < 1.29 is 8.42 Å². The van der Waals surface area contributed by atoms with Crippen LogP contribution in [-0.4, -0.2) is 34.5 Å². The fourth-order valence-electron chi connectivity index (χ4n) is 2.65. The molecule has 2 aromatic heterocycles. The molecule has 0 unspecified atom stereocenters. The van der Waals surface area contributed by atoms with Gasteiger partial charge in [-0.25, -0.2) is 12.9 Å². The van der Waals surface area contributed by atoms with E-state index in [0.29, 0.717) is 28.4 Å². The van der Waals surface area contributed by atoms with Gasteiger partial charge in [0.05, 0.1) is 15.7 Å². The number of hydrogen-bond donors (Lipinski definition) is 1. The smallest absolute Gasteiger partial charge is 0.183 e. The van der Waals surface area contributed by atoms with E-state index >= 15 is 0 Å². The summed E-state index contributed by atoms with van der Waals surface area (Å²) in [7, 11) is -3.50. The summed E-state index contributed by atoms with van der Waals surface area (Å²) in [6, 6.07) is 18.6. The third-order valence-electron chi connectivity index (χ3n) is 3.68. The third-order valence-corrected chi connectivity index (χ3v) is 4.21. The molecule has 0 atom stereocenters. The zero-order chi connectivity index (χ0) is 17.4. The average molecular weight is 352 g/mol. The number of H-pyrrole nitrogens is 1. The minimum absolute atomic E-state index is 0.378. The van der Waals surface area contributed by atoms with Crippen LogP contribution in [0, 0.1) is 0 Å². The lowest BCUT2D eigenvalue weighted by Crippen LogP contribution is -1.93. The summed E-state index contributed by atoms with van der Waals surface area (Å²) in [5.74, 6) is 0.680. The van der Waals surface area contributed by atoms with E-state index in [2.05, 4.69) is 20.0 Å². The van der Waals surface area contributed by atoms with E-state index in [-0.39, 0.29) is 0 Å². The fourth-order valence-corrected chi connectivity index (χ4v) is 3.17. The second-order valence-corrected chi connectivity index (χ2v) is 7.24. The summed E-state index contributed by atoms with van der Waals surface area (Å²) in [6.07, 6.45) is 1.07. The van der Waals surface area contributed by atoms with Crippen molar-refractivity contribution in [2.75, 3.05) is 6.26 Å². The SMILES string of the molecule is CS(=O)(=O)[N-]c1ccccc1-c1cc2nnc(-c3ccccc3)n2[nH]1. The first-order valence-corrected chi connectivity index (χ1v) is 9.38. The van der Waals surface area contributed by atoms with Gasteiger partial charge in [0.2, 0.25) is 0 Å². The Morgan fingerprint density at radius 1 is 1.00 bits per heavy atom. The van der Waals surface area contributed by atoms with E-state index in [1.807, 2.05) is 48.5 Å². The van der Waals surface area contributed by atoms with Crippen LogP contribution < -0.4 is 0 Å². The molecule has 0 aliphatic rings. The second kappa shape index (κ2) is 5.75. The van der Waals surface area contributed by atoms with Crippen LogP contribution in [0.15, 0.2) is 60.7 Å². The van der Waals surface area contributed by atoms with Crippen LogP contribution in [0.4, 0.5) is 5.69 Å². The zero-order valence-electron chi connectivity index (χ0n) is 13.3. The highest BCUT2D eigenvalue weighted by atomic mass is 32.2. The summed E-state index contributed by atoms with van der Waals surface area (Å²) in [5, 5.41) is 11.6. The molecule has 0 aliphatic heterocycles. The number of rotatable bonds is 4. The Morgan fingerprint density at radius 3 is 2.48 bits per heavy atom. The molecule has 8 heteroatoms. The molecule has 0 spiro atoms. The minimum atomic E-state index is -3.50. The number of aromatic nitrogens is 4. The summed E-state index contributed by atoms with van der Waals surface area (Å²) in [5.41, 5.74) is 3.34. The van der Waals surface area contributed by atoms with Crippen LogP contribution in [0.2, 0.25) is 0 Å². The highest BCUT2D eigenvalue weighted by Gasteiger charge is 2.12. The van der Waals surface area contributed by atoms with Crippen molar-refractivity contribution in [1.82, 2.24) is 19.8 Å². The van der Waals surface area contributed by atoms with Crippen molar-refractivity contribution in [3.63, 3.8) is 0 Å². The molecular weight excluding hydrogens is 338 g/mol. The highest BCUT2D eigenvalue weighted by molar-refractivity contribution is 7.93. The Kier molecular flexibility index (Phi) is 3.54. The number of benzene rings is 2. The zero-order valence-corrected chi connectivity index (χ0v) is 14.1. The predicted molar refractivity (Wildman–Crippen MR) is 96.1 cm³/mol. The van der Waals surface area contributed by atoms with Crippen molar-refractivity contribution >= 4 is 21.4 Å². The number of nitrogens with zero attached hydrogens (tertiary/aromatic N) is 4. The molecule has 0 saturated heterocycles. The van der Waals surface area contributed by atoms with E-state index < -0.39 is 10.0 Å². The van der Waals surface area contributed by atoms with Gasteiger partial charge in [-0.1, -0.05) is 54.6 Å². The first-order chi connectivity index (χ1) is 12.0. The molecule has 4 aromatic rings. The van der Waals surface area contributed by atoms with Crippen molar-refractivity contribution in [3.05, 3.63) is 65.4 Å². The lowest BCUT2D eigenvalue weighted by atomic mass is 10.1. The Labute approximate surface area is 144 Å². The number of hydrogen-bond acceptors (Lipinski definition) is 4. The molecule has 0 aliphatic carbocycles. The van der Waals surface area contributed by atoms with Crippen LogP contribution in [-0.2, 0) is 10.0 Å². The van der Waals surface area contributed by atoms with Gasteiger partial charge in [0, 0.05) is 17.9 Å². The van der Waals surface area contributed by atoms with Gasteiger partial charge < -0.3 is 4.72 Å². The topological polar surface area (TPSA) is 94.2 Å². The van der Waals surface area contributed by atoms with E-state index in [0.717, 1.165) is 11.8 Å². The molecule has 0 amide bonds. The first-order valence-electron chi connectivity index (χ1n) is 7.53. The fraction of sp³-hybridized carbons (Fsp3) is 0.0588. The Bertz CT molecular complexity index is 1150. The van der Waals surface area contributed by atoms with Gasteiger partial charge in [0.15, 0.2) is 11.5 Å². The van der Waals surface area contributed by atoms with Crippen LogP contribution in [0.1, 0.15) is 0 Å². The summed E-state index contributed by atoms with van der Waals surface area (Å²) in [4.78, 5) is 0. The molecule has 4 rings (SSSR count). The van der Waals surface area contributed by atoms with E-state index in [1.54, 1.807) is 16.6 Å². The quantitative estimate of drug-likeness (QED) is 0.609. The first kappa shape index (κ1) is 15.4. The number of fused-ring (bicyclic) bond motifs is 1. The lowest BCUT2D eigenvalue weighted by molar-refractivity contribution is 0.609. The van der Waals surface area contributed by atoms with Crippen molar-refractivity contribution in [3.8, 4) is 22.6 Å². The van der Waals surface area contributed by atoms with Gasteiger partial charge in [-0.2, -0.15) is 0 Å². The Morgan fingerprint density at radius 2 is 1.72 bits per heavy atom. The average Bonchev–Trinajstić information content (AvgIpc) is 3.15. The van der Waals surface area contributed by atoms with Crippen LogP contribution in [0.25, 0.3) is 33.0 Å². The third kappa shape index (κ3) is 2.99. The molecule has 25 heavy (non-hydrogen) atoms. The molecular formula is C17H14N5O2S-. The Hall–Kier alpha value is -3.13. The van der Waals surface area contributed by atoms with Crippen molar-refractivity contribution in [1.29, 1.82) is 0 Å². The molecule has 126 valence electrons. The molecule has 2 aromatic carbocycles. The predicted octanol–water partition coefficient (Wildman–Crippen LogP) is 3.36. The van der Waals surface area contributed by atoms with Gasteiger partial charge in [-0.3, -0.25) is 5.10 Å². The molecule has 0 saturated carbocycles. The number of nitrogens with one attached hydrogen (secondary N) is 1. The van der Waals surface area contributed by atoms with Gasteiger partial charge >= 0.3 is 0 Å². The minimum Gasteiger partial charge on any atom is -0.577 e. The molecule has 0 bridgehead atoms. The van der Waals surface area contributed by atoms with E-state index in [9.17, 15) is 8.42 Å². The molecule has 0 radical (unpaired) electrons. The number of sulfonamides is 1. The molecule has 7 nitrogen and oxygen atoms in total. The standard InChI is InChI=1S/C17H14N5O2S/c1-25(23,24)21-14-10-6-5-9-13(14)15-11-16-18-19-17(22(16)20-15)12-7-3-2-4-8-12/h2-11,20H,1H3/q-1. The highest BCUT2D eigenvalue weighted by Crippen LogP contribution is 2.34. The maximum Gasteiger partial charge on any atom is 0.183 e. The van der Waals surface area contributed by atoms with Crippen LogP contribution in [0.5, 0.6) is 0 Å². The molecule has 0 fully saturated rings. The van der Waals surface area contributed by atoms with Gasteiger partial charge in [0.25, 0.3) is 0 Å². The second-order valence-electron chi connectivity index (χ2n) is 5.59. The van der Waals surface area contributed by atoms with Crippen molar-refractivity contribution in [2.24, 2.45) is 0 Å². The molecule has 1 N–H and O–H groups in total. The molecule has 2 heterocycles. The summed E-state index contributed by atoms with van der Waals surface area (Å²) < 4.78 is 28.7. The van der Waals surface area contributed by atoms with E-state index in [1.165, 1.54) is 0 Å². The lowest BCUT2D eigenvalue weighted by Gasteiger charge is -2.21. The van der Waals surface area contributed by atoms with E-state index in [4.69, 9.17) is 0 Å². The summed E-state index contributed by atoms with van der Waals surface area (Å²) >= 11 is 0. The maximum atomic E-state index is 11.5.